The minimum absolute atomic E-state index is 0.0925. The van der Waals surface area contributed by atoms with Crippen LogP contribution in [0.1, 0.15) is 44.1 Å². The van der Waals surface area contributed by atoms with Gasteiger partial charge in [-0.15, -0.1) is 0 Å². The van der Waals surface area contributed by atoms with Crippen molar-refractivity contribution in [3.63, 3.8) is 0 Å². The second-order valence-corrected chi connectivity index (χ2v) is 5.95. The summed E-state index contributed by atoms with van der Waals surface area (Å²) in [7, 11) is 0. The number of benzene rings is 1. The van der Waals surface area contributed by atoms with Crippen LogP contribution in [0, 0.1) is 5.92 Å². The molecule has 1 atom stereocenters. The highest BCUT2D eigenvalue weighted by Gasteiger charge is 2.12. The number of hydrogen-bond donors (Lipinski definition) is 2. The quantitative estimate of drug-likeness (QED) is 0.887. The largest absolute Gasteiger partial charge is 0.348 e. The highest BCUT2D eigenvalue weighted by atomic mass is 16.2. The van der Waals surface area contributed by atoms with Gasteiger partial charge in [0.15, 0.2) is 0 Å². The smallest absolute Gasteiger partial charge is 0.268 e. The van der Waals surface area contributed by atoms with Crippen molar-refractivity contribution in [2.45, 2.75) is 39.7 Å². The van der Waals surface area contributed by atoms with Crippen LogP contribution in [0.5, 0.6) is 0 Å². The van der Waals surface area contributed by atoms with Crippen LogP contribution in [-0.4, -0.2) is 16.9 Å². The van der Waals surface area contributed by atoms with Crippen molar-refractivity contribution < 1.29 is 4.79 Å². The average Bonchev–Trinajstić information content (AvgIpc) is 2.45. The molecule has 0 saturated heterocycles. The lowest BCUT2D eigenvalue weighted by molar-refractivity contribution is 0.0932. The average molecular weight is 286 g/mol. The minimum atomic E-state index is -0.229. The summed E-state index contributed by atoms with van der Waals surface area (Å²) in [5, 5.41) is 4.31. The Kier molecular flexibility index (Phi) is 4.78. The Morgan fingerprint density at radius 2 is 1.90 bits per heavy atom. The second-order valence-electron chi connectivity index (χ2n) is 5.95. The number of carbonyl (C=O) groups excluding carboxylic acids is 1. The van der Waals surface area contributed by atoms with E-state index >= 15 is 0 Å². The first-order valence-corrected chi connectivity index (χ1v) is 7.40. The first-order valence-electron chi connectivity index (χ1n) is 7.40. The summed E-state index contributed by atoms with van der Waals surface area (Å²) in [6.07, 6.45) is 2.00. The molecule has 0 bridgehead atoms. The fraction of sp³-hybridized carbons (Fsp3) is 0.412. The second kappa shape index (κ2) is 6.57. The molecule has 4 nitrogen and oxygen atoms in total. The Labute approximate surface area is 124 Å². The molecule has 0 radical (unpaired) electrons. The van der Waals surface area contributed by atoms with Crippen molar-refractivity contribution in [1.82, 2.24) is 10.3 Å². The van der Waals surface area contributed by atoms with Crippen molar-refractivity contribution in [3.8, 4) is 0 Å². The summed E-state index contributed by atoms with van der Waals surface area (Å²) >= 11 is 0. The van der Waals surface area contributed by atoms with Gasteiger partial charge in [0.2, 0.25) is 0 Å². The van der Waals surface area contributed by atoms with E-state index in [1.54, 1.807) is 12.1 Å². The number of carbonyl (C=O) groups is 1. The first-order chi connectivity index (χ1) is 9.97. The van der Waals surface area contributed by atoms with Crippen LogP contribution in [0.4, 0.5) is 0 Å². The molecule has 0 spiro atoms. The summed E-state index contributed by atoms with van der Waals surface area (Å²) in [5.74, 6) is 0.388. The zero-order valence-electron chi connectivity index (χ0n) is 12.8. The Morgan fingerprint density at radius 1 is 1.19 bits per heavy atom. The Balaban J connectivity index is 2.14. The van der Waals surface area contributed by atoms with E-state index in [-0.39, 0.29) is 17.5 Å². The molecule has 0 aliphatic carbocycles. The van der Waals surface area contributed by atoms with Gasteiger partial charge in [-0.1, -0.05) is 32.0 Å². The van der Waals surface area contributed by atoms with Crippen molar-refractivity contribution in [1.29, 1.82) is 0 Å². The molecule has 1 unspecified atom stereocenters. The number of nitrogens with one attached hydrogen (secondary N) is 2. The molecule has 1 amide bonds. The van der Waals surface area contributed by atoms with Crippen molar-refractivity contribution >= 4 is 16.7 Å². The van der Waals surface area contributed by atoms with E-state index in [0.717, 1.165) is 18.2 Å². The maximum atomic E-state index is 12.2. The number of aromatic nitrogens is 1. The highest BCUT2D eigenvalue weighted by Crippen LogP contribution is 2.11. The third-order valence-corrected chi connectivity index (χ3v) is 3.55. The molecular weight excluding hydrogens is 264 g/mol. The number of rotatable bonds is 5. The molecule has 21 heavy (non-hydrogen) atoms. The van der Waals surface area contributed by atoms with Crippen LogP contribution in [0.3, 0.4) is 0 Å². The zero-order chi connectivity index (χ0) is 15.4. The first kappa shape index (κ1) is 15.3. The standard InChI is InChI=1S/C17H22N2O2/c1-11(2)8-9-12(3)18-17(21)15-10-13-6-4-5-7-14(13)16(20)19-15/h4-7,10-12H,8-9H2,1-3H3,(H,18,21)(H,19,20). The Bertz CT molecular complexity index is 688. The predicted octanol–water partition coefficient (Wildman–Crippen LogP) is 3.08. The van der Waals surface area contributed by atoms with Gasteiger partial charge in [0.25, 0.3) is 11.5 Å². The molecule has 1 aromatic carbocycles. The SMILES string of the molecule is CC(C)CCC(C)NC(=O)c1cc2ccccc2c(=O)[nH]1. The number of hydrogen-bond acceptors (Lipinski definition) is 2. The monoisotopic (exact) mass is 286 g/mol. The summed E-state index contributed by atoms with van der Waals surface area (Å²) in [6.45, 7) is 6.31. The van der Waals surface area contributed by atoms with Gasteiger partial charge >= 0.3 is 0 Å². The summed E-state index contributed by atoms with van der Waals surface area (Å²) in [6, 6.07) is 9.07. The fourth-order valence-electron chi connectivity index (χ4n) is 2.29. The molecular formula is C17H22N2O2. The lowest BCUT2D eigenvalue weighted by atomic mass is 10.0. The van der Waals surface area contributed by atoms with Gasteiger partial charge < -0.3 is 10.3 Å². The number of aromatic amines is 1. The van der Waals surface area contributed by atoms with Crippen LogP contribution in [0.15, 0.2) is 35.1 Å². The minimum Gasteiger partial charge on any atom is -0.348 e. The van der Waals surface area contributed by atoms with Gasteiger partial charge in [0, 0.05) is 11.4 Å². The fourth-order valence-corrected chi connectivity index (χ4v) is 2.29. The van der Waals surface area contributed by atoms with Crippen molar-refractivity contribution in [2.75, 3.05) is 0 Å². The van der Waals surface area contributed by atoms with Crippen molar-refractivity contribution in [3.05, 3.63) is 46.4 Å². The van der Waals surface area contributed by atoms with E-state index in [4.69, 9.17) is 0 Å². The van der Waals surface area contributed by atoms with E-state index in [1.807, 2.05) is 25.1 Å². The molecule has 4 heteroatoms. The third-order valence-electron chi connectivity index (χ3n) is 3.55. The van der Waals surface area contributed by atoms with Gasteiger partial charge in [-0.05, 0) is 43.2 Å². The van der Waals surface area contributed by atoms with E-state index in [1.165, 1.54) is 0 Å². The van der Waals surface area contributed by atoms with Crippen LogP contribution in [-0.2, 0) is 0 Å². The number of amides is 1. The molecule has 0 fully saturated rings. The van der Waals surface area contributed by atoms with Crippen LogP contribution < -0.4 is 10.9 Å². The molecule has 1 aromatic heterocycles. The van der Waals surface area contributed by atoms with Crippen LogP contribution >= 0.6 is 0 Å². The van der Waals surface area contributed by atoms with Crippen molar-refractivity contribution in [2.24, 2.45) is 5.92 Å². The molecule has 0 aliphatic rings. The van der Waals surface area contributed by atoms with Crippen LogP contribution in [0.25, 0.3) is 10.8 Å². The highest BCUT2D eigenvalue weighted by molar-refractivity contribution is 5.96. The zero-order valence-corrected chi connectivity index (χ0v) is 12.8. The van der Waals surface area contributed by atoms with E-state index in [0.29, 0.717) is 17.0 Å². The maximum absolute atomic E-state index is 12.2. The lowest BCUT2D eigenvalue weighted by Crippen LogP contribution is -2.34. The van der Waals surface area contributed by atoms with Gasteiger partial charge in [-0.3, -0.25) is 9.59 Å². The van der Waals surface area contributed by atoms with Gasteiger partial charge in [-0.2, -0.15) is 0 Å². The molecule has 0 aliphatic heterocycles. The van der Waals surface area contributed by atoms with Gasteiger partial charge in [0.1, 0.15) is 5.69 Å². The number of H-pyrrole nitrogens is 1. The van der Waals surface area contributed by atoms with Gasteiger partial charge in [0.05, 0.1) is 0 Å². The van der Waals surface area contributed by atoms with E-state index in [9.17, 15) is 9.59 Å². The molecule has 0 saturated carbocycles. The third kappa shape index (κ3) is 3.94. The van der Waals surface area contributed by atoms with Crippen LogP contribution in [0.2, 0.25) is 0 Å². The van der Waals surface area contributed by atoms with E-state index in [2.05, 4.69) is 24.1 Å². The number of fused-ring (bicyclic) bond motifs is 1. The number of pyridine rings is 1. The Hall–Kier alpha value is -2.10. The molecule has 2 aromatic rings. The Morgan fingerprint density at radius 3 is 2.62 bits per heavy atom. The summed E-state index contributed by atoms with van der Waals surface area (Å²) < 4.78 is 0. The normalized spacial score (nSPS) is 12.6. The topological polar surface area (TPSA) is 62.0 Å². The molecule has 1 heterocycles. The molecule has 2 N–H and O–H groups in total. The maximum Gasteiger partial charge on any atom is 0.268 e. The summed E-state index contributed by atoms with van der Waals surface area (Å²) in [4.78, 5) is 26.8. The molecule has 2 rings (SSSR count). The van der Waals surface area contributed by atoms with Gasteiger partial charge in [-0.25, -0.2) is 0 Å². The lowest BCUT2D eigenvalue weighted by Gasteiger charge is -2.15. The molecule has 112 valence electrons. The summed E-state index contributed by atoms with van der Waals surface area (Å²) in [5.41, 5.74) is 0.0863. The van der Waals surface area contributed by atoms with E-state index < -0.39 is 0 Å². The predicted molar refractivity (Wildman–Crippen MR) is 85.6 cm³/mol.